The van der Waals surface area contributed by atoms with E-state index in [4.69, 9.17) is 10.3 Å². The molecule has 3 rings (SSSR count). The summed E-state index contributed by atoms with van der Waals surface area (Å²) in [6.07, 6.45) is 2.93. The molecule has 3 aromatic rings. The number of oxazole rings is 1. The minimum atomic E-state index is -3.94. The van der Waals surface area contributed by atoms with Gasteiger partial charge in [0.1, 0.15) is 6.26 Å². The highest BCUT2D eigenvalue weighted by atomic mass is 32.2. The molecule has 0 aromatic carbocycles. The Kier molecular flexibility index (Phi) is 2.88. The molecule has 0 saturated heterocycles. The number of nitrogens with two attached hydrogens (primary N) is 1. The molecule has 9 nitrogen and oxygen atoms in total. The number of rotatable bonds is 4. The van der Waals surface area contributed by atoms with Crippen LogP contribution in [0, 0.1) is 6.92 Å². The first-order chi connectivity index (χ1) is 9.51. The van der Waals surface area contributed by atoms with Gasteiger partial charge in [0.05, 0.1) is 5.69 Å². The van der Waals surface area contributed by atoms with Crippen molar-refractivity contribution in [1.29, 1.82) is 0 Å². The molecule has 0 atom stereocenters. The molecule has 11 heteroatoms. The molecular weight excluding hydrogens is 304 g/mol. The fourth-order valence-corrected chi connectivity index (χ4v) is 3.64. The van der Waals surface area contributed by atoms with Crippen LogP contribution >= 0.6 is 11.3 Å². The number of aryl methyl sites for hydroxylation is 1. The Morgan fingerprint density at radius 1 is 1.45 bits per heavy atom. The van der Waals surface area contributed by atoms with Crippen LogP contribution < -0.4 is 16.0 Å². The highest BCUT2D eigenvalue weighted by Crippen LogP contribution is 2.26. The molecule has 0 spiro atoms. The van der Waals surface area contributed by atoms with Crippen molar-refractivity contribution in [2.45, 2.75) is 11.9 Å². The Morgan fingerprint density at radius 2 is 2.25 bits per heavy atom. The van der Waals surface area contributed by atoms with Crippen LogP contribution in [0.15, 0.2) is 27.3 Å². The van der Waals surface area contributed by atoms with Gasteiger partial charge in [0, 0.05) is 11.6 Å². The number of nitrogens with zero attached hydrogens (tertiary/aromatic N) is 3. The van der Waals surface area contributed by atoms with E-state index in [2.05, 4.69) is 20.1 Å². The second-order valence-electron chi connectivity index (χ2n) is 3.87. The molecule has 4 N–H and O–H groups in total. The molecule has 0 aliphatic rings. The summed E-state index contributed by atoms with van der Waals surface area (Å²) in [5.41, 5.74) is 2.84. The van der Waals surface area contributed by atoms with Crippen molar-refractivity contribution >= 4 is 38.2 Å². The lowest BCUT2D eigenvalue weighted by Crippen LogP contribution is -2.19. The van der Waals surface area contributed by atoms with Gasteiger partial charge < -0.3 is 9.84 Å². The van der Waals surface area contributed by atoms with Crippen molar-refractivity contribution in [2.75, 3.05) is 10.1 Å². The third kappa shape index (κ3) is 2.01. The largest absolute Gasteiger partial charge is 0.431 e. The Bertz CT molecular complexity index is 861. The summed E-state index contributed by atoms with van der Waals surface area (Å²) in [6.45, 7) is 1.68. The van der Waals surface area contributed by atoms with E-state index in [0.29, 0.717) is 10.7 Å². The monoisotopic (exact) mass is 314 g/mol. The minimum absolute atomic E-state index is 0.0487. The van der Waals surface area contributed by atoms with Crippen LogP contribution in [-0.4, -0.2) is 22.8 Å². The van der Waals surface area contributed by atoms with Crippen LogP contribution in [0.1, 0.15) is 5.69 Å². The minimum Gasteiger partial charge on any atom is -0.431 e. The lowest BCUT2D eigenvalue weighted by atomic mass is 10.6. The van der Waals surface area contributed by atoms with Crippen molar-refractivity contribution in [3.05, 3.63) is 23.5 Å². The smallest absolute Gasteiger partial charge is 0.309 e. The first kappa shape index (κ1) is 12.9. The van der Waals surface area contributed by atoms with Gasteiger partial charge in [-0.25, -0.2) is 10.6 Å². The molecule has 20 heavy (non-hydrogen) atoms. The summed E-state index contributed by atoms with van der Waals surface area (Å²) in [5.74, 6) is 5.36. The second-order valence-corrected chi connectivity index (χ2v) is 6.34. The lowest BCUT2D eigenvalue weighted by molar-refractivity contribution is 0.568. The molecule has 0 bridgehead atoms. The predicted octanol–water partition coefficient (Wildman–Crippen LogP) is 0.779. The molecule has 0 radical (unpaired) electrons. The van der Waals surface area contributed by atoms with Gasteiger partial charge >= 0.3 is 6.01 Å². The molecule has 106 valence electrons. The highest BCUT2D eigenvalue weighted by Gasteiger charge is 2.27. The average Bonchev–Trinajstić information content (AvgIpc) is 3.02. The maximum absolute atomic E-state index is 12.4. The van der Waals surface area contributed by atoms with Crippen molar-refractivity contribution in [2.24, 2.45) is 5.84 Å². The Morgan fingerprint density at radius 3 is 2.90 bits per heavy atom. The zero-order valence-electron chi connectivity index (χ0n) is 10.2. The van der Waals surface area contributed by atoms with Gasteiger partial charge in [-0.2, -0.15) is 18.4 Å². The molecule has 0 amide bonds. The number of nitrogens with one attached hydrogen (secondary N) is 2. The van der Waals surface area contributed by atoms with Crippen molar-refractivity contribution in [1.82, 2.24) is 14.4 Å². The number of imidazole rings is 1. The van der Waals surface area contributed by atoms with Crippen LogP contribution in [0.3, 0.4) is 0 Å². The van der Waals surface area contributed by atoms with E-state index in [0.717, 1.165) is 0 Å². The zero-order chi connectivity index (χ0) is 14.3. The summed E-state index contributed by atoms with van der Waals surface area (Å²) in [6, 6.07) is -0.115. The number of sulfonamides is 1. The Balaban J connectivity index is 2.10. The summed E-state index contributed by atoms with van der Waals surface area (Å²) in [5, 5.41) is 1.61. The van der Waals surface area contributed by atoms with Crippen LogP contribution in [0.2, 0.25) is 0 Å². The Hall–Kier alpha value is -2.11. The molecule has 0 aliphatic carbocycles. The van der Waals surface area contributed by atoms with Crippen LogP contribution in [0.25, 0.3) is 4.96 Å². The average molecular weight is 314 g/mol. The summed E-state index contributed by atoms with van der Waals surface area (Å²) >= 11 is 1.29. The van der Waals surface area contributed by atoms with E-state index in [1.807, 2.05) is 0 Å². The summed E-state index contributed by atoms with van der Waals surface area (Å²) in [7, 11) is -3.94. The number of hydrogen-bond donors (Lipinski definition) is 3. The third-order valence-corrected chi connectivity index (χ3v) is 4.55. The first-order valence-corrected chi connectivity index (χ1v) is 7.74. The van der Waals surface area contributed by atoms with Crippen LogP contribution in [-0.2, 0) is 10.0 Å². The molecule has 3 aromatic heterocycles. The van der Waals surface area contributed by atoms with Gasteiger partial charge in [-0.3, -0.25) is 4.40 Å². The SMILES string of the molecule is Cc1coc(NS(=O)(=O)c2c(NN)nc3sccn23)n1. The van der Waals surface area contributed by atoms with Crippen molar-refractivity contribution < 1.29 is 12.8 Å². The standard InChI is InChI=1S/C9H10N6O3S2/c1-5-4-18-8(11-5)14-20(16,17)7-6(13-10)12-9-15(7)2-3-19-9/h2-4,13H,10H2,1H3,(H,11,14). The maximum atomic E-state index is 12.4. The van der Waals surface area contributed by atoms with E-state index < -0.39 is 10.0 Å². The van der Waals surface area contributed by atoms with Crippen molar-refractivity contribution in [3.63, 3.8) is 0 Å². The van der Waals surface area contributed by atoms with Crippen LogP contribution in [0.4, 0.5) is 11.8 Å². The molecule has 0 fully saturated rings. The fraction of sp³-hybridized carbons (Fsp3) is 0.111. The van der Waals surface area contributed by atoms with Crippen molar-refractivity contribution in [3.8, 4) is 0 Å². The maximum Gasteiger partial charge on any atom is 0.309 e. The summed E-state index contributed by atoms with van der Waals surface area (Å²) < 4.78 is 33.4. The predicted molar refractivity (Wildman–Crippen MR) is 72.9 cm³/mol. The zero-order valence-corrected chi connectivity index (χ0v) is 11.8. The van der Waals surface area contributed by atoms with Gasteiger partial charge in [0.15, 0.2) is 10.8 Å². The molecule has 0 aliphatic heterocycles. The van der Waals surface area contributed by atoms with Gasteiger partial charge in [-0.05, 0) is 6.92 Å². The lowest BCUT2D eigenvalue weighted by Gasteiger charge is -2.05. The third-order valence-electron chi connectivity index (χ3n) is 2.45. The second kappa shape index (κ2) is 4.47. The molecule has 3 heterocycles. The van der Waals surface area contributed by atoms with Crippen LogP contribution in [0.5, 0.6) is 0 Å². The topological polar surface area (TPSA) is 128 Å². The number of hydrazine groups is 1. The molecular formula is C9H10N6O3S2. The molecule has 0 unspecified atom stereocenters. The highest BCUT2D eigenvalue weighted by molar-refractivity contribution is 7.92. The number of hydrogen-bond acceptors (Lipinski definition) is 8. The summed E-state index contributed by atoms with van der Waals surface area (Å²) in [4.78, 5) is 8.47. The normalized spacial score (nSPS) is 11.9. The van der Waals surface area contributed by atoms with Gasteiger partial charge in [-0.15, -0.1) is 11.3 Å². The Labute approximate surface area is 117 Å². The van der Waals surface area contributed by atoms with E-state index in [9.17, 15) is 8.42 Å². The quantitative estimate of drug-likeness (QED) is 0.479. The fourth-order valence-electron chi connectivity index (χ4n) is 1.68. The number of thiazole rings is 1. The number of fused-ring (bicyclic) bond motifs is 1. The number of anilines is 2. The van der Waals surface area contributed by atoms with E-state index in [1.54, 1.807) is 18.5 Å². The van der Waals surface area contributed by atoms with E-state index >= 15 is 0 Å². The van der Waals surface area contributed by atoms with E-state index in [-0.39, 0.29) is 16.9 Å². The van der Waals surface area contributed by atoms with Gasteiger partial charge in [0.2, 0.25) is 5.03 Å². The van der Waals surface area contributed by atoms with Gasteiger partial charge in [0.25, 0.3) is 10.0 Å². The number of aromatic nitrogens is 3. The number of nitrogen functional groups attached to an aromatic ring is 1. The first-order valence-electron chi connectivity index (χ1n) is 5.38. The van der Waals surface area contributed by atoms with Gasteiger partial charge in [-0.1, -0.05) is 0 Å². The van der Waals surface area contributed by atoms with E-state index in [1.165, 1.54) is 22.0 Å². The molecule has 0 saturated carbocycles.